The first-order valence-electron chi connectivity index (χ1n) is 4.07. The molecule has 1 aromatic carbocycles. The second kappa shape index (κ2) is 4.86. The zero-order valence-electron chi connectivity index (χ0n) is 7.55. The van der Waals surface area contributed by atoms with Gasteiger partial charge < -0.3 is 10.8 Å². The fraction of sp³-hybridized carbons (Fsp3) is 0.333. The molecule has 3 N–H and O–H groups in total. The third kappa shape index (κ3) is 3.21. The molecule has 0 aliphatic carbocycles. The van der Waals surface area contributed by atoms with Gasteiger partial charge in [0, 0.05) is 8.95 Å². The van der Waals surface area contributed by atoms with Crippen LogP contribution in [-0.4, -0.2) is 17.6 Å². The lowest BCUT2D eigenvalue weighted by Gasteiger charge is -2.22. The third-order valence-electron chi connectivity index (χ3n) is 1.91. The molecule has 1 rings (SSSR count). The van der Waals surface area contributed by atoms with E-state index in [4.69, 9.17) is 10.8 Å². The van der Waals surface area contributed by atoms with Crippen LogP contribution < -0.4 is 5.73 Å². The van der Waals surface area contributed by atoms with Gasteiger partial charge in [-0.05, 0) is 23.8 Å². The average molecular weight is 345 g/mol. The minimum atomic E-state index is -3.32. The first-order chi connectivity index (χ1) is 6.86. The Bertz CT molecular complexity index is 340. The fourth-order valence-corrected chi connectivity index (χ4v) is 2.43. The third-order valence-corrected chi connectivity index (χ3v) is 2.83. The standard InChI is InChI=1S/C9H9Br2F2NO/c10-6-1-5(2-7(11)3-6)8(14)9(12,13)4-15/h1-3,8,15H,4,14H2/t8-/m0/s1. The molecular weight excluding hydrogens is 336 g/mol. The van der Waals surface area contributed by atoms with Gasteiger partial charge in [-0.15, -0.1) is 0 Å². The second-order valence-corrected chi connectivity index (χ2v) is 4.93. The molecule has 0 spiro atoms. The van der Waals surface area contributed by atoms with E-state index in [9.17, 15) is 8.78 Å². The van der Waals surface area contributed by atoms with Crippen molar-refractivity contribution in [1.82, 2.24) is 0 Å². The number of alkyl halides is 2. The maximum absolute atomic E-state index is 13.1. The van der Waals surface area contributed by atoms with Gasteiger partial charge in [0.2, 0.25) is 0 Å². The number of halogens is 4. The highest BCUT2D eigenvalue weighted by atomic mass is 79.9. The summed E-state index contributed by atoms with van der Waals surface area (Å²) in [5.41, 5.74) is 5.63. The Hall–Kier alpha value is -0.0400. The van der Waals surface area contributed by atoms with Gasteiger partial charge in [0.05, 0.1) is 6.04 Å². The van der Waals surface area contributed by atoms with Crippen LogP contribution in [0.4, 0.5) is 8.78 Å². The highest BCUT2D eigenvalue weighted by Gasteiger charge is 2.37. The van der Waals surface area contributed by atoms with Gasteiger partial charge in [-0.25, -0.2) is 8.78 Å². The van der Waals surface area contributed by atoms with Gasteiger partial charge in [-0.3, -0.25) is 0 Å². The molecule has 6 heteroatoms. The topological polar surface area (TPSA) is 46.2 Å². The van der Waals surface area contributed by atoms with E-state index in [0.717, 1.165) is 0 Å². The van der Waals surface area contributed by atoms with Crippen molar-refractivity contribution in [3.63, 3.8) is 0 Å². The average Bonchev–Trinajstić information content (AvgIpc) is 2.15. The molecule has 15 heavy (non-hydrogen) atoms. The van der Waals surface area contributed by atoms with Crippen LogP contribution in [0.25, 0.3) is 0 Å². The largest absolute Gasteiger partial charge is 0.390 e. The summed E-state index contributed by atoms with van der Waals surface area (Å²) in [5, 5.41) is 8.51. The number of hydrogen-bond acceptors (Lipinski definition) is 2. The Labute approximate surface area is 103 Å². The molecular formula is C9H9Br2F2NO. The molecule has 0 heterocycles. The molecule has 84 valence electrons. The van der Waals surface area contributed by atoms with Crippen molar-refractivity contribution in [1.29, 1.82) is 0 Å². The summed E-state index contributed by atoms with van der Waals surface area (Å²) in [6.07, 6.45) is 0. The van der Waals surface area contributed by atoms with E-state index in [1.165, 1.54) is 12.1 Å². The quantitative estimate of drug-likeness (QED) is 0.885. The van der Waals surface area contributed by atoms with Crippen molar-refractivity contribution in [3.8, 4) is 0 Å². The van der Waals surface area contributed by atoms with Crippen LogP contribution in [-0.2, 0) is 0 Å². The molecule has 0 radical (unpaired) electrons. The minimum absolute atomic E-state index is 0.260. The lowest BCUT2D eigenvalue weighted by atomic mass is 10.0. The number of hydrogen-bond donors (Lipinski definition) is 2. The van der Waals surface area contributed by atoms with Gasteiger partial charge in [-0.1, -0.05) is 31.9 Å². The van der Waals surface area contributed by atoms with E-state index in [-0.39, 0.29) is 5.56 Å². The molecule has 0 aromatic heterocycles. The van der Waals surface area contributed by atoms with Crippen LogP contribution in [0, 0.1) is 0 Å². The van der Waals surface area contributed by atoms with Crippen molar-refractivity contribution in [2.75, 3.05) is 6.61 Å². The van der Waals surface area contributed by atoms with E-state index < -0.39 is 18.6 Å². The summed E-state index contributed by atoms with van der Waals surface area (Å²) < 4.78 is 27.5. The summed E-state index contributed by atoms with van der Waals surface area (Å²) in [7, 11) is 0. The van der Waals surface area contributed by atoms with Crippen LogP contribution in [0.5, 0.6) is 0 Å². The van der Waals surface area contributed by atoms with Crippen LogP contribution in [0.15, 0.2) is 27.1 Å². The molecule has 0 aliphatic heterocycles. The Kier molecular flexibility index (Phi) is 4.22. The first-order valence-corrected chi connectivity index (χ1v) is 5.65. The zero-order chi connectivity index (χ0) is 11.6. The predicted octanol–water partition coefficient (Wildman–Crippen LogP) is 2.84. The van der Waals surface area contributed by atoms with Crippen molar-refractivity contribution in [2.24, 2.45) is 5.73 Å². The molecule has 0 bridgehead atoms. The summed E-state index contributed by atoms with van der Waals surface area (Å²) in [6, 6.07) is 3.20. The van der Waals surface area contributed by atoms with E-state index in [1.54, 1.807) is 6.07 Å². The molecule has 1 atom stereocenters. The normalized spacial score (nSPS) is 14.0. The summed E-state index contributed by atoms with van der Waals surface area (Å²) >= 11 is 6.35. The van der Waals surface area contributed by atoms with Gasteiger partial charge in [0.15, 0.2) is 0 Å². The lowest BCUT2D eigenvalue weighted by molar-refractivity contribution is -0.0712. The Morgan fingerprint density at radius 3 is 2.13 bits per heavy atom. The molecule has 0 amide bonds. The smallest absolute Gasteiger partial charge is 0.289 e. The Morgan fingerprint density at radius 1 is 1.27 bits per heavy atom. The maximum atomic E-state index is 13.1. The highest BCUT2D eigenvalue weighted by Crippen LogP contribution is 2.32. The Morgan fingerprint density at radius 2 is 1.73 bits per heavy atom. The first kappa shape index (κ1) is 13.0. The van der Waals surface area contributed by atoms with E-state index in [0.29, 0.717) is 8.95 Å². The molecule has 0 aliphatic rings. The lowest BCUT2D eigenvalue weighted by Crippen LogP contribution is -2.36. The second-order valence-electron chi connectivity index (χ2n) is 3.10. The van der Waals surface area contributed by atoms with Crippen LogP contribution in [0.2, 0.25) is 0 Å². The molecule has 0 fully saturated rings. The number of nitrogens with two attached hydrogens (primary N) is 1. The predicted molar refractivity (Wildman–Crippen MR) is 60.8 cm³/mol. The molecule has 1 aromatic rings. The summed E-state index contributed by atoms with van der Waals surface area (Å²) in [5.74, 6) is -3.32. The van der Waals surface area contributed by atoms with E-state index >= 15 is 0 Å². The number of aliphatic hydroxyl groups is 1. The monoisotopic (exact) mass is 343 g/mol. The molecule has 0 saturated carbocycles. The van der Waals surface area contributed by atoms with E-state index in [2.05, 4.69) is 31.9 Å². The molecule has 2 nitrogen and oxygen atoms in total. The minimum Gasteiger partial charge on any atom is -0.390 e. The SMILES string of the molecule is N[C@@H](c1cc(Br)cc(Br)c1)C(F)(F)CO. The van der Waals surface area contributed by atoms with Crippen molar-refractivity contribution in [2.45, 2.75) is 12.0 Å². The molecule has 0 saturated heterocycles. The fourth-order valence-electron chi connectivity index (χ4n) is 1.10. The van der Waals surface area contributed by atoms with Crippen molar-refractivity contribution in [3.05, 3.63) is 32.7 Å². The van der Waals surface area contributed by atoms with Crippen LogP contribution in [0.3, 0.4) is 0 Å². The zero-order valence-corrected chi connectivity index (χ0v) is 10.7. The summed E-state index contributed by atoms with van der Waals surface area (Å²) in [6.45, 7) is -1.27. The highest BCUT2D eigenvalue weighted by molar-refractivity contribution is 9.11. The van der Waals surface area contributed by atoms with Crippen molar-refractivity contribution < 1.29 is 13.9 Å². The van der Waals surface area contributed by atoms with Crippen LogP contribution in [0.1, 0.15) is 11.6 Å². The van der Waals surface area contributed by atoms with E-state index in [1.807, 2.05) is 0 Å². The number of rotatable bonds is 3. The maximum Gasteiger partial charge on any atom is 0.289 e. The van der Waals surface area contributed by atoms with Gasteiger partial charge >= 0.3 is 0 Å². The van der Waals surface area contributed by atoms with Gasteiger partial charge in [0.25, 0.3) is 5.92 Å². The van der Waals surface area contributed by atoms with Gasteiger partial charge in [0.1, 0.15) is 6.61 Å². The molecule has 0 unspecified atom stereocenters. The van der Waals surface area contributed by atoms with Gasteiger partial charge in [-0.2, -0.15) is 0 Å². The van der Waals surface area contributed by atoms with Crippen LogP contribution >= 0.6 is 31.9 Å². The Balaban J connectivity index is 3.06. The number of aliphatic hydroxyl groups excluding tert-OH is 1. The summed E-state index contributed by atoms with van der Waals surface area (Å²) in [4.78, 5) is 0. The number of benzene rings is 1. The van der Waals surface area contributed by atoms with Crippen molar-refractivity contribution >= 4 is 31.9 Å².